The van der Waals surface area contributed by atoms with Crippen LogP contribution in [0.4, 0.5) is 18.9 Å². The summed E-state index contributed by atoms with van der Waals surface area (Å²) in [6.07, 6.45) is 5.78. The van der Waals surface area contributed by atoms with Crippen molar-refractivity contribution in [1.82, 2.24) is 14.3 Å². The van der Waals surface area contributed by atoms with Gasteiger partial charge in [-0.05, 0) is 36.5 Å². The van der Waals surface area contributed by atoms with Crippen molar-refractivity contribution in [1.29, 1.82) is 0 Å². The summed E-state index contributed by atoms with van der Waals surface area (Å²) in [6.45, 7) is 0. The highest BCUT2D eigenvalue weighted by Gasteiger charge is 2.14. The third-order valence-electron chi connectivity index (χ3n) is 4.52. The van der Waals surface area contributed by atoms with E-state index in [2.05, 4.69) is 10.1 Å². The lowest BCUT2D eigenvalue weighted by Crippen LogP contribution is -2.20. The van der Waals surface area contributed by atoms with Crippen LogP contribution in [0.25, 0.3) is 11.4 Å². The number of para-hydroxylation sites is 1. The van der Waals surface area contributed by atoms with Crippen LogP contribution in [0.2, 0.25) is 0 Å². The van der Waals surface area contributed by atoms with Crippen molar-refractivity contribution in [3.05, 3.63) is 119 Å². The van der Waals surface area contributed by atoms with E-state index >= 15 is 0 Å². The van der Waals surface area contributed by atoms with Crippen LogP contribution in [0.1, 0.15) is 5.69 Å². The maximum absolute atomic E-state index is 14.9. The Morgan fingerprint density at radius 1 is 0.969 bits per heavy atom. The number of aliphatic imine (C=N–C) groups is 1. The largest absolute Gasteiger partial charge is 0.405 e. The molecule has 4 aromatic rings. The fraction of sp³-hybridized carbons (Fsp3) is 0. The van der Waals surface area contributed by atoms with Gasteiger partial charge in [0.05, 0.1) is 11.4 Å². The minimum Gasteiger partial charge on any atom is -0.405 e. The second kappa shape index (κ2) is 8.76. The Morgan fingerprint density at radius 3 is 2.34 bits per heavy atom. The Kier molecular flexibility index (Phi) is 5.71. The van der Waals surface area contributed by atoms with Crippen LogP contribution < -0.4 is 11.2 Å². The van der Waals surface area contributed by atoms with Crippen LogP contribution in [0.15, 0.2) is 95.3 Å². The van der Waals surface area contributed by atoms with Crippen LogP contribution in [-0.4, -0.2) is 20.1 Å². The van der Waals surface area contributed by atoms with E-state index in [9.17, 15) is 18.0 Å². The molecular formula is C23H16F3N5O. The average Bonchev–Trinajstić information content (AvgIpc) is 3.13. The molecule has 2 aromatic heterocycles. The van der Waals surface area contributed by atoms with Gasteiger partial charge < -0.3 is 10.3 Å². The van der Waals surface area contributed by atoms with Crippen molar-refractivity contribution >= 4 is 11.4 Å². The molecule has 2 heterocycles. The molecule has 0 radical (unpaired) electrons. The number of rotatable bonds is 5. The molecule has 0 amide bonds. The maximum atomic E-state index is 14.9. The van der Waals surface area contributed by atoms with E-state index < -0.39 is 22.9 Å². The third-order valence-corrected chi connectivity index (χ3v) is 4.52. The second-order valence-electron chi connectivity index (χ2n) is 6.66. The highest BCUT2D eigenvalue weighted by Crippen LogP contribution is 2.19. The van der Waals surface area contributed by atoms with Gasteiger partial charge in [-0.3, -0.25) is 4.79 Å². The molecule has 0 atom stereocenters. The summed E-state index contributed by atoms with van der Waals surface area (Å²) in [5, 5.41) is 4.24. The number of halogens is 3. The molecule has 0 bridgehead atoms. The molecule has 32 heavy (non-hydrogen) atoms. The lowest BCUT2D eigenvalue weighted by molar-refractivity contribution is 0.516. The van der Waals surface area contributed by atoms with Gasteiger partial charge in [-0.25, -0.2) is 22.8 Å². The first-order valence-corrected chi connectivity index (χ1v) is 9.42. The van der Waals surface area contributed by atoms with Gasteiger partial charge in [-0.15, -0.1) is 0 Å². The number of hydrogen-bond acceptors (Lipinski definition) is 4. The van der Waals surface area contributed by atoms with Crippen molar-refractivity contribution in [2.75, 3.05) is 0 Å². The van der Waals surface area contributed by atoms with E-state index in [0.29, 0.717) is 5.69 Å². The number of aromatic nitrogens is 3. The van der Waals surface area contributed by atoms with E-state index in [-0.39, 0.29) is 22.8 Å². The predicted octanol–water partition coefficient (Wildman–Crippen LogP) is 4.03. The van der Waals surface area contributed by atoms with Gasteiger partial charge in [0.2, 0.25) is 5.43 Å². The number of allylic oxidation sites excluding steroid dienone is 1. The molecule has 0 fully saturated rings. The normalized spacial score (nSPS) is 11.9. The Bertz CT molecular complexity index is 1370. The molecule has 9 heteroatoms. The number of hydrogen-bond donors (Lipinski definition) is 1. The molecule has 0 saturated carbocycles. The van der Waals surface area contributed by atoms with Crippen molar-refractivity contribution in [2.45, 2.75) is 0 Å². The summed E-state index contributed by atoms with van der Waals surface area (Å²) < 4.78 is 43.7. The van der Waals surface area contributed by atoms with Gasteiger partial charge in [0.15, 0.2) is 23.1 Å². The van der Waals surface area contributed by atoms with E-state index in [1.807, 2.05) is 6.07 Å². The first-order chi connectivity index (χ1) is 15.5. The third kappa shape index (κ3) is 4.22. The van der Waals surface area contributed by atoms with E-state index in [1.54, 1.807) is 24.3 Å². The van der Waals surface area contributed by atoms with Crippen molar-refractivity contribution in [3.63, 3.8) is 0 Å². The summed E-state index contributed by atoms with van der Waals surface area (Å²) in [6, 6.07) is 14.1. The van der Waals surface area contributed by atoms with Gasteiger partial charge >= 0.3 is 0 Å². The molecule has 0 spiro atoms. The lowest BCUT2D eigenvalue weighted by atomic mass is 10.2. The van der Waals surface area contributed by atoms with E-state index in [4.69, 9.17) is 5.73 Å². The van der Waals surface area contributed by atoms with Crippen LogP contribution in [0.3, 0.4) is 0 Å². The Balaban J connectivity index is 1.77. The molecule has 160 valence electrons. The summed E-state index contributed by atoms with van der Waals surface area (Å²) in [7, 11) is 0. The summed E-state index contributed by atoms with van der Waals surface area (Å²) in [5.74, 6) is -2.80. The van der Waals surface area contributed by atoms with Gasteiger partial charge in [0.25, 0.3) is 0 Å². The zero-order chi connectivity index (χ0) is 22.7. The van der Waals surface area contributed by atoms with Crippen LogP contribution in [0, 0.1) is 17.5 Å². The number of nitrogens with two attached hydrogens (primary N) is 1. The quantitative estimate of drug-likeness (QED) is 0.481. The molecule has 2 N–H and O–H groups in total. The highest BCUT2D eigenvalue weighted by molar-refractivity contribution is 6.08. The smallest absolute Gasteiger partial charge is 0.209 e. The molecular weight excluding hydrogens is 419 g/mol. The zero-order valence-corrected chi connectivity index (χ0v) is 16.5. The van der Waals surface area contributed by atoms with E-state index in [1.165, 1.54) is 41.4 Å². The first kappa shape index (κ1) is 20.9. The van der Waals surface area contributed by atoms with Gasteiger partial charge in [-0.2, -0.15) is 5.10 Å². The molecule has 0 aliphatic carbocycles. The molecule has 6 nitrogen and oxygen atoms in total. The summed E-state index contributed by atoms with van der Waals surface area (Å²) in [5.41, 5.74) is 6.08. The molecule has 2 aromatic carbocycles. The fourth-order valence-electron chi connectivity index (χ4n) is 3.02. The highest BCUT2D eigenvalue weighted by atomic mass is 19.2. The first-order valence-electron chi connectivity index (χ1n) is 9.42. The average molecular weight is 435 g/mol. The standard InChI is InChI=1S/C23H16F3N5O/c24-17-12-16(30-13-18(25)19(26)14-30)6-7-21(17)31-11-9-22(32)23(29-31)20(8-10-27)28-15-4-2-1-3-5-15/h1-14H,27H2. The van der Waals surface area contributed by atoms with Crippen molar-refractivity contribution in [2.24, 2.45) is 10.7 Å². The summed E-state index contributed by atoms with van der Waals surface area (Å²) in [4.78, 5) is 16.9. The zero-order valence-electron chi connectivity index (χ0n) is 16.5. The van der Waals surface area contributed by atoms with Crippen molar-refractivity contribution < 1.29 is 13.2 Å². The summed E-state index contributed by atoms with van der Waals surface area (Å²) >= 11 is 0. The van der Waals surface area contributed by atoms with Crippen LogP contribution >= 0.6 is 0 Å². The second-order valence-corrected chi connectivity index (χ2v) is 6.66. The SMILES string of the molecule is NC=CC(=Nc1ccccc1)c1nn(-c2ccc(-n3cc(F)c(F)c3)cc2F)ccc1=O. The molecule has 0 saturated heterocycles. The van der Waals surface area contributed by atoms with Crippen LogP contribution in [-0.2, 0) is 0 Å². The molecule has 4 rings (SSSR count). The number of nitrogens with zero attached hydrogens (tertiary/aromatic N) is 4. The molecule has 0 aliphatic rings. The topological polar surface area (TPSA) is 78.2 Å². The van der Waals surface area contributed by atoms with Gasteiger partial charge in [0.1, 0.15) is 5.69 Å². The Labute approximate surface area is 180 Å². The van der Waals surface area contributed by atoms with Crippen molar-refractivity contribution in [3.8, 4) is 11.4 Å². The van der Waals surface area contributed by atoms with Gasteiger partial charge in [-0.1, -0.05) is 18.2 Å². The number of benzene rings is 2. The minimum absolute atomic E-state index is 0.0267. The van der Waals surface area contributed by atoms with E-state index in [0.717, 1.165) is 23.0 Å². The van der Waals surface area contributed by atoms with Gasteiger partial charge in [0, 0.05) is 36.4 Å². The molecule has 0 aliphatic heterocycles. The Morgan fingerprint density at radius 2 is 1.69 bits per heavy atom. The van der Waals surface area contributed by atoms with Crippen LogP contribution in [0.5, 0.6) is 0 Å². The minimum atomic E-state index is -1.04. The fourth-order valence-corrected chi connectivity index (χ4v) is 3.02. The monoisotopic (exact) mass is 435 g/mol. The maximum Gasteiger partial charge on any atom is 0.209 e. The predicted molar refractivity (Wildman–Crippen MR) is 115 cm³/mol. The lowest BCUT2D eigenvalue weighted by Gasteiger charge is -2.10. The Hall–Kier alpha value is -4.40. The molecule has 0 unspecified atom stereocenters.